The van der Waals surface area contributed by atoms with Gasteiger partial charge in [-0.05, 0) is 51.5 Å². The van der Waals surface area contributed by atoms with Crippen molar-refractivity contribution in [3.63, 3.8) is 0 Å². The molecule has 22 heteroatoms. The molecule has 1 rings (SSSR count). The first-order valence-electron chi connectivity index (χ1n) is 11.4. The number of ether oxygens (including phenoxy) is 1. The molecule has 0 unspecified atom stereocenters. The third kappa shape index (κ3) is 7.09. The highest BCUT2D eigenvalue weighted by molar-refractivity contribution is 9.10. The maximum Gasteiger partial charge on any atom is 0.460 e. The van der Waals surface area contributed by atoms with Gasteiger partial charge in [0.25, 0.3) is 0 Å². The highest BCUT2D eigenvalue weighted by Crippen LogP contribution is 2.64. The van der Waals surface area contributed by atoms with E-state index in [1.54, 1.807) is 0 Å². The molecule has 0 fully saturated rings. The van der Waals surface area contributed by atoms with Gasteiger partial charge in [0.15, 0.2) is 0 Å². The molecule has 0 bridgehead atoms. The first kappa shape index (κ1) is 39.8. The standard InChI is InChI=1S/C22H19BrF17NO3/c1-14(2,3)44-13(42)41(12-7-5-11(23)6-8-12)43-10-4-9-15(24,25)16(26,27)17(28,29)18(30,31)19(32,33)20(34,35)21(36,37)22(38,39)40/h5-8H,4,9-10H2,1-3H3. The fraction of sp³-hybridized carbons (Fsp3) is 0.682. The van der Waals surface area contributed by atoms with E-state index in [-0.39, 0.29) is 10.8 Å². The van der Waals surface area contributed by atoms with Gasteiger partial charge in [0.2, 0.25) is 0 Å². The first-order valence-corrected chi connectivity index (χ1v) is 12.2. The zero-order chi connectivity index (χ0) is 35.2. The van der Waals surface area contributed by atoms with Crippen molar-refractivity contribution in [2.45, 2.75) is 86.8 Å². The minimum Gasteiger partial charge on any atom is -0.442 e. The van der Waals surface area contributed by atoms with E-state index in [2.05, 4.69) is 15.9 Å². The predicted molar refractivity (Wildman–Crippen MR) is 119 cm³/mol. The zero-order valence-electron chi connectivity index (χ0n) is 21.9. The van der Waals surface area contributed by atoms with Crippen LogP contribution in [0.1, 0.15) is 33.6 Å². The molecule has 0 saturated heterocycles. The molecule has 1 aromatic carbocycles. The van der Waals surface area contributed by atoms with E-state index < -0.39 is 78.8 Å². The summed E-state index contributed by atoms with van der Waals surface area (Å²) in [7, 11) is 0. The largest absolute Gasteiger partial charge is 0.460 e. The second-order valence-corrected chi connectivity index (χ2v) is 10.8. The highest BCUT2D eigenvalue weighted by atomic mass is 79.9. The van der Waals surface area contributed by atoms with Gasteiger partial charge in [-0.25, -0.2) is 4.79 Å². The summed E-state index contributed by atoms with van der Waals surface area (Å²) in [5.74, 6) is -56.8. The van der Waals surface area contributed by atoms with Crippen LogP contribution in [0.2, 0.25) is 0 Å². The third-order valence-electron chi connectivity index (χ3n) is 5.26. The lowest BCUT2D eigenvalue weighted by Gasteiger charge is -2.42. The highest BCUT2D eigenvalue weighted by Gasteiger charge is 2.95. The quantitative estimate of drug-likeness (QED) is 0.121. The van der Waals surface area contributed by atoms with Crippen molar-refractivity contribution in [1.82, 2.24) is 0 Å². The summed E-state index contributed by atoms with van der Waals surface area (Å²) in [6.07, 6.45) is -13.5. The minimum atomic E-state index is -8.69. The zero-order valence-corrected chi connectivity index (χ0v) is 23.5. The molecule has 0 aliphatic rings. The molecule has 1 aromatic rings. The smallest absolute Gasteiger partial charge is 0.442 e. The Labute approximate surface area is 244 Å². The molecule has 0 N–H and O–H groups in total. The molecule has 44 heavy (non-hydrogen) atoms. The summed E-state index contributed by atoms with van der Waals surface area (Å²) < 4.78 is 233. The van der Waals surface area contributed by atoms with E-state index in [0.29, 0.717) is 4.47 Å². The van der Waals surface area contributed by atoms with Crippen molar-refractivity contribution in [1.29, 1.82) is 0 Å². The van der Waals surface area contributed by atoms with E-state index in [0.717, 1.165) is 12.1 Å². The molecule has 0 aliphatic carbocycles. The van der Waals surface area contributed by atoms with Gasteiger partial charge < -0.3 is 4.74 Å². The lowest BCUT2D eigenvalue weighted by Crippen LogP contribution is -2.74. The van der Waals surface area contributed by atoms with Gasteiger partial charge in [0.1, 0.15) is 5.60 Å². The Morgan fingerprint density at radius 3 is 1.43 bits per heavy atom. The minimum absolute atomic E-state index is 0.204. The molecule has 0 aromatic heterocycles. The van der Waals surface area contributed by atoms with Crippen molar-refractivity contribution in [2.24, 2.45) is 0 Å². The molecule has 0 aliphatic heterocycles. The van der Waals surface area contributed by atoms with Crippen LogP contribution in [0.3, 0.4) is 0 Å². The third-order valence-corrected chi connectivity index (χ3v) is 5.79. The van der Waals surface area contributed by atoms with Crippen molar-refractivity contribution in [2.75, 3.05) is 11.7 Å². The lowest BCUT2D eigenvalue weighted by atomic mass is 9.88. The molecule has 0 heterocycles. The van der Waals surface area contributed by atoms with Crippen LogP contribution in [0.4, 0.5) is 85.1 Å². The van der Waals surface area contributed by atoms with Gasteiger partial charge in [-0.3, -0.25) is 4.84 Å². The number of carbonyl (C=O) groups excluding carboxylic acids is 1. The number of amides is 1. The van der Waals surface area contributed by atoms with Crippen LogP contribution in [-0.4, -0.2) is 65.9 Å². The van der Waals surface area contributed by atoms with Crippen molar-refractivity contribution in [3.8, 4) is 0 Å². The summed E-state index contributed by atoms with van der Waals surface area (Å²) in [6, 6.07) is 4.91. The average Bonchev–Trinajstić information content (AvgIpc) is 2.82. The first-order chi connectivity index (χ1) is 19.2. The number of rotatable bonds is 12. The Balaban J connectivity index is 3.28. The number of anilines is 1. The van der Waals surface area contributed by atoms with Crippen LogP contribution in [0.15, 0.2) is 28.7 Å². The maximum atomic E-state index is 14.1. The molecule has 0 radical (unpaired) electrons. The van der Waals surface area contributed by atoms with Crippen molar-refractivity contribution >= 4 is 27.7 Å². The SMILES string of the molecule is CC(C)(C)OC(=O)N(OCCCC(F)(F)C(F)(F)C(F)(F)C(F)(F)C(F)(F)C(F)(F)C(F)(F)C(F)(F)F)c1ccc(Br)cc1. The van der Waals surface area contributed by atoms with Crippen molar-refractivity contribution < 1.29 is 89.0 Å². The Morgan fingerprint density at radius 2 is 1.05 bits per heavy atom. The Hall–Kier alpha value is -2.26. The molecule has 0 saturated carbocycles. The molecule has 0 spiro atoms. The second kappa shape index (κ2) is 12.2. The second-order valence-electron chi connectivity index (χ2n) is 9.84. The number of nitrogens with zero attached hydrogens (tertiary/aromatic N) is 1. The van der Waals surface area contributed by atoms with E-state index >= 15 is 0 Å². The van der Waals surface area contributed by atoms with Gasteiger partial charge in [-0.1, -0.05) is 15.9 Å². The van der Waals surface area contributed by atoms with Crippen LogP contribution in [0.25, 0.3) is 0 Å². The topological polar surface area (TPSA) is 38.8 Å². The maximum absolute atomic E-state index is 14.1. The number of hydrogen-bond donors (Lipinski definition) is 0. The number of alkyl halides is 17. The van der Waals surface area contributed by atoms with Crippen LogP contribution >= 0.6 is 15.9 Å². The van der Waals surface area contributed by atoms with Crippen molar-refractivity contribution in [3.05, 3.63) is 28.7 Å². The molecular formula is C22H19BrF17NO3. The van der Waals surface area contributed by atoms with E-state index in [4.69, 9.17) is 9.57 Å². The molecule has 0 atom stereocenters. The number of halogens is 18. The Kier molecular flexibility index (Phi) is 11.0. The fourth-order valence-electron chi connectivity index (χ4n) is 2.92. The molecule has 256 valence electrons. The number of hydroxylamine groups is 1. The van der Waals surface area contributed by atoms with E-state index in [9.17, 15) is 79.4 Å². The van der Waals surface area contributed by atoms with Gasteiger partial charge in [0, 0.05) is 10.9 Å². The fourth-order valence-corrected chi connectivity index (χ4v) is 3.18. The summed E-state index contributed by atoms with van der Waals surface area (Å²) in [4.78, 5) is 17.2. The van der Waals surface area contributed by atoms with Gasteiger partial charge in [-0.15, -0.1) is 0 Å². The van der Waals surface area contributed by atoms with Crippen LogP contribution in [-0.2, 0) is 9.57 Å². The summed E-state index contributed by atoms with van der Waals surface area (Å²) in [6.45, 7) is 2.74. The predicted octanol–water partition coefficient (Wildman–Crippen LogP) is 9.91. The normalized spacial score (nSPS) is 14.9. The number of hydrogen-bond acceptors (Lipinski definition) is 3. The summed E-state index contributed by atoms with van der Waals surface area (Å²) >= 11 is 3.04. The summed E-state index contributed by atoms with van der Waals surface area (Å²) in [5, 5.41) is 0.250. The summed E-state index contributed by atoms with van der Waals surface area (Å²) in [5.41, 5.74) is -1.42. The number of carbonyl (C=O) groups is 1. The van der Waals surface area contributed by atoms with Crippen LogP contribution in [0, 0.1) is 0 Å². The number of benzene rings is 1. The van der Waals surface area contributed by atoms with E-state index in [1.165, 1.54) is 32.9 Å². The molecule has 4 nitrogen and oxygen atoms in total. The molecular weight excluding hydrogens is 729 g/mol. The van der Waals surface area contributed by atoms with Gasteiger partial charge >= 0.3 is 53.7 Å². The Bertz CT molecular complexity index is 1150. The molecule has 1 amide bonds. The lowest BCUT2D eigenvalue weighted by molar-refractivity contribution is -0.461. The van der Waals surface area contributed by atoms with Crippen LogP contribution < -0.4 is 5.06 Å². The van der Waals surface area contributed by atoms with Crippen LogP contribution in [0.5, 0.6) is 0 Å². The Morgan fingerprint density at radius 1 is 0.659 bits per heavy atom. The van der Waals surface area contributed by atoms with E-state index in [1.807, 2.05) is 0 Å². The van der Waals surface area contributed by atoms with Gasteiger partial charge in [0.05, 0.1) is 12.3 Å². The van der Waals surface area contributed by atoms with Gasteiger partial charge in [-0.2, -0.15) is 79.7 Å². The average molecular weight is 748 g/mol. The monoisotopic (exact) mass is 747 g/mol.